The summed E-state index contributed by atoms with van der Waals surface area (Å²) >= 11 is 0. The normalized spacial score (nSPS) is 12.3. The molecule has 0 spiro atoms. The number of hydrogen-bond acceptors (Lipinski definition) is 5. The van der Waals surface area contributed by atoms with Crippen molar-refractivity contribution in [2.75, 3.05) is 24.7 Å². The average molecular weight is 445 g/mol. The molecule has 0 unspecified atom stereocenters. The van der Waals surface area contributed by atoms with E-state index in [2.05, 4.69) is 56.9 Å². The Morgan fingerprint density at radius 1 is 0.848 bits per heavy atom. The Bertz CT molecular complexity index is 1070. The molecule has 2 heterocycles. The molecule has 0 fully saturated rings. The van der Waals surface area contributed by atoms with Crippen molar-refractivity contribution in [1.29, 1.82) is 0 Å². The zero-order valence-electron chi connectivity index (χ0n) is 18.5. The third-order valence-electron chi connectivity index (χ3n) is 5.55. The maximum Gasteiger partial charge on any atom is 0.246 e. The molecule has 7 heteroatoms. The van der Waals surface area contributed by atoms with E-state index in [-0.39, 0.29) is 25.0 Å². The Morgan fingerprint density at radius 2 is 1.55 bits per heavy atom. The van der Waals surface area contributed by atoms with Gasteiger partial charge in [0.2, 0.25) is 11.8 Å². The zero-order chi connectivity index (χ0) is 22.9. The molecule has 4 rings (SSSR count). The van der Waals surface area contributed by atoms with Crippen molar-refractivity contribution in [3.63, 3.8) is 0 Å². The van der Waals surface area contributed by atoms with Gasteiger partial charge in [-0.05, 0) is 40.8 Å². The second kappa shape index (κ2) is 11.2. The van der Waals surface area contributed by atoms with E-state index in [4.69, 9.17) is 4.74 Å². The molecule has 7 nitrogen and oxygen atoms in total. The summed E-state index contributed by atoms with van der Waals surface area (Å²) in [6, 6.07) is 20.5. The van der Waals surface area contributed by atoms with Gasteiger partial charge >= 0.3 is 0 Å². The van der Waals surface area contributed by atoms with E-state index in [0.717, 1.165) is 30.6 Å². The van der Waals surface area contributed by atoms with Crippen LogP contribution in [-0.4, -0.2) is 36.6 Å². The number of fused-ring (bicyclic) bond motifs is 1. The molecule has 0 saturated carbocycles. The number of pyridine rings is 1. The predicted molar refractivity (Wildman–Crippen MR) is 126 cm³/mol. The first-order valence-electron chi connectivity index (χ1n) is 11.1. The monoisotopic (exact) mass is 444 g/mol. The zero-order valence-corrected chi connectivity index (χ0v) is 18.5. The van der Waals surface area contributed by atoms with Gasteiger partial charge in [0.1, 0.15) is 13.2 Å². The molecule has 0 saturated heterocycles. The number of amides is 2. The van der Waals surface area contributed by atoms with Crippen molar-refractivity contribution in [1.82, 2.24) is 15.6 Å². The van der Waals surface area contributed by atoms with E-state index >= 15 is 0 Å². The topological polar surface area (TPSA) is 83.6 Å². The van der Waals surface area contributed by atoms with Crippen LogP contribution in [0.1, 0.15) is 22.3 Å². The number of hydrogen-bond donors (Lipinski definition) is 2. The number of nitrogens with one attached hydrogen (secondary N) is 2. The molecule has 170 valence electrons. The average Bonchev–Trinajstić information content (AvgIpc) is 3.26. The largest absolute Gasteiger partial charge is 0.367 e. The number of carbonyl (C=O) groups is 2. The Kier molecular flexibility index (Phi) is 7.66. The molecule has 2 amide bonds. The van der Waals surface area contributed by atoms with Crippen LogP contribution in [0.2, 0.25) is 0 Å². The molecule has 2 aromatic carbocycles. The van der Waals surface area contributed by atoms with Gasteiger partial charge in [0.15, 0.2) is 0 Å². The molecule has 3 aromatic rings. The van der Waals surface area contributed by atoms with Crippen LogP contribution >= 0.6 is 0 Å². The quantitative estimate of drug-likeness (QED) is 0.502. The van der Waals surface area contributed by atoms with Crippen LogP contribution in [0.15, 0.2) is 73.1 Å². The van der Waals surface area contributed by atoms with Gasteiger partial charge in [-0.3, -0.25) is 14.6 Å². The number of para-hydroxylation sites is 1. The summed E-state index contributed by atoms with van der Waals surface area (Å²) in [4.78, 5) is 30.2. The molecule has 1 aliphatic heterocycles. The lowest BCUT2D eigenvalue weighted by Crippen LogP contribution is -2.31. The summed E-state index contributed by atoms with van der Waals surface area (Å²) < 4.78 is 5.21. The van der Waals surface area contributed by atoms with E-state index in [1.165, 1.54) is 16.8 Å². The van der Waals surface area contributed by atoms with Crippen LogP contribution in [0.5, 0.6) is 0 Å². The lowest BCUT2D eigenvalue weighted by molar-refractivity contribution is -0.131. The van der Waals surface area contributed by atoms with E-state index < -0.39 is 0 Å². The summed E-state index contributed by atoms with van der Waals surface area (Å²) in [5, 5.41) is 5.55. The van der Waals surface area contributed by atoms with Crippen molar-refractivity contribution in [3.8, 4) is 0 Å². The number of anilines is 1. The minimum absolute atomic E-state index is 0.160. The van der Waals surface area contributed by atoms with Gasteiger partial charge < -0.3 is 20.3 Å². The molecule has 0 radical (unpaired) electrons. The number of ether oxygens (including phenoxy) is 1. The smallest absolute Gasteiger partial charge is 0.246 e. The molecule has 1 aliphatic rings. The number of nitrogens with zero attached hydrogens (tertiary/aromatic N) is 2. The lowest BCUT2D eigenvalue weighted by atomic mass is 10.1. The number of rotatable bonds is 10. The molecule has 0 aliphatic carbocycles. The first-order chi connectivity index (χ1) is 16.2. The van der Waals surface area contributed by atoms with E-state index in [1.807, 2.05) is 24.3 Å². The maximum atomic E-state index is 12.0. The Balaban J connectivity index is 1.13. The van der Waals surface area contributed by atoms with Gasteiger partial charge in [-0.25, -0.2) is 0 Å². The fourth-order valence-corrected chi connectivity index (χ4v) is 3.80. The number of aromatic nitrogens is 1. The Hall–Kier alpha value is -3.71. The van der Waals surface area contributed by atoms with Gasteiger partial charge in [0.25, 0.3) is 0 Å². The Morgan fingerprint density at radius 3 is 2.27 bits per heavy atom. The highest BCUT2D eigenvalue weighted by Crippen LogP contribution is 2.28. The van der Waals surface area contributed by atoms with Crippen LogP contribution in [0.4, 0.5) is 5.69 Å². The van der Waals surface area contributed by atoms with E-state index in [0.29, 0.717) is 13.1 Å². The van der Waals surface area contributed by atoms with Crippen molar-refractivity contribution in [2.45, 2.75) is 26.1 Å². The van der Waals surface area contributed by atoms with Crippen molar-refractivity contribution >= 4 is 17.5 Å². The molecular formula is C26H28N4O3. The van der Waals surface area contributed by atoms with Crippen LogP contribution in [0.3, 0.4) is 0 Å². The van der Waals surface area contributed by atoms with Crippen molar-refractivity contribution < 1.29 is 14.3 Å². The van der Waals surface area contributed by atoms with Crippen LogP contribution in [0.25, 0.3) is 0 Å². The predicted octanol–water partition coefficient (Wildman–Crippen LogP) is 2.59. The first-order valence-corrected chi connectivity index (χ1v) is 11.1. The van der Waals surface area contributed by atoms with Gasteiger partial charge in [0, 0.05) is 44.3 Å². The highest BCUT2D eigenvalue weighted by molar-refractivity contribution is 5.79. The molecule has 0 atom stereocenters. The molecule has 2 N–H and O–H groups in total. The van der Waals surface area contributed by atoms with Gasteiger partial charge in [-0.1, -0.05) is 48.5 Å². The third-order valence-corrected chi connectivity index (χ3v) is 5.55. The minimum atomic E-state index is -0.275. The third kappa shape index (κ3) is 6.63. The van der Waals surface area contributed by atoms with Crippen LogP contribution in [0, 0.1) is 0 Å². The van der Waals surface area contributed by atoms with Crippen molar-refractivity contribution in [2.24, 2.45) is 0 Å². The fraction of sp³-hybridized carbons (Fsp3) is 0.269. The molecule has 0 bridgehead atoms. The summed E-state index contributed by atoms with van der Waals surface area (Å²) in [5.74, 6) is -0.532. The standard InChI is InChI=1S/C26H28N4O3/c31-25(18-33-19-26(32)29-16-22-4-3-12-27-14-22)28-15-20-7-9-21(10-8-20)17-30-13-11-23-5-1-2-6-24(23)30/h1-10,12,14H,11,13,15-19H2,(H,28,31)(H,29,32). The van der Waals surface area contributed by atoms with Crippen molar-refractivity contribution in [3.05, 3.63) is 95.3 Å². The highest BCUT2D eigenvalue weighted by atomic mass is 16.5. The SMILES string of the molecule is O=C(COCC(=O)NCc1cccnc1)NCc1ccc(CN2CCc3ccccc32)cc1. The summed E-state index contributed by atoms with van der Waals surface area (Å²) in [6.45, 7) is 2.39. The van der Waals surface area contributed by atoms with Crippen LogP contribution < -0.4 is 15.5 Å². The van der Waals surface area contributed by atoms with Gasteiger partial charge in [-0.2, -0.15) is 0 Å². The second-order valence-corrected chi connectivity index (χ2v) is 8.02. The second-order valence-electron chi connectivity index (χ2n) is 8.02. The molecule has 33 heavy (non-hydrogen) atoms. The van der Waals surface area contributed by atoms with E-state index in [9.17, 15) is 9.59 Å². The van der Waals surface area contributed by atoms with E-state index in [1.54, 1.807) is 12.4 Å². The van der Waals surface area contributed by atoms with Crippen LogP contribution in [-0.2, 0) is 40.4 Å². The van der Waals surface area contributed by atoms with Gasteiger partial charge in [0.05, 0.1) is 0 Å². The first kappa shape index (κ1) is 22.5. The maximum absolute atomic E-state index is 12.0. The molecular weight excluding hydrogens is 416 g/mol. The highest BCUT2D eigenvalue weighted by Gasteiger charge is 2.18. The number of carbonyl (C=O) groups excluding carboxylic acids is 2. The molecule has 1 aromatic heterocycles. The summed E-state index contributed by atoms with van der Waals surface area (Å²) in [7, 11) is 0. The summed E-state index contributed by atoms with van der Waals surface area (Å²) in [6.07, 6.45) is 4.45. The Labute approximate surface area is 193 Å². The minimum Gasteiger partial charge on any atom is -0.367 e. The van der Waals surface area contributed by atoms with Gasteiger partial charge in [-0.15, -0.1) is 0 Å². The number of benzene rings is 2. The summed E-state index contributed by atoms with van der Waals surface area (Å²) in [5.41, 5.74) is 5.88. The lowest BCUT2D eigenvalue weighted by Gasteiger charge is -2.19. The fourth-order valence-electron chi connectivity index (χ4n) is 3.80.